The molecule has 0 bridgehead atoms. The first-order chi connectivity index (χ1) is 8.76. The predicted octanol–water partition coefficient (Wildman–Crippen LogP) is 2.96. The minimum Gasteiger partial charge on any atom is -0.379 e. The second kappa shape index (κ2) is 8.25. The summed E-state index contributed by atoms with van der Waals surface area (Å²) in [5.74, 6) is 5.68. The van der Waals surface area contributed by atoms with Crippen molar-refractivity contribution in [2.45, 2.75) is 51.7 Å². The normalized spacial score (nSPS) is 14.4. The molecule has 3 N–H and O–H groups in total. The molecule has 0 aliphatic carbocycles. The van der Waals surface area contributed by atoms with Gasteiger partial charge in [0.15, 0.2) is 0 Å². The van der Waals surface area contributed by atoms with Crippen LogP contribution in [0.1, 0.15) is 50.3 Å². The van der Waals surface area contributed by atoms with Crippen molar-refractivity contribution in [2.24, 2.45) is 5.84 Å². The number of ether oxygens (including phenoxy) is 1. The van der Waals surface area contributed by atoms with Crippen molar-refractivity contribution in [2.75, 3.05) is 7.11 Å². The summed E-state index contributed by atoms with van der Waals surface area (Å²) in [5, 5.41) is 0. The zero-order valence-corrected chi connectivity index (χ0v) is 11.8. The van der Waals surface area contributed by atoms with E-state index in [1.807, 2.05) is 0 Å². The number of nitrogens with two attached hydrogens (primary N) is 1. The Hall–Kier alpha value is -0.900. The maximum absolute atomic E-state index is 5.68. The number of methoxy groups -OCH3 is 1. The predicted molar refractivity (Wildman–Crippen MR) is 76.2 cm³/mol. The first kappa shape index (κ1) is 15.2. The van der Waals surface area contributed by atoms with Crippen molar-refractivity contribution in [3.8, 4) is 0 Å². The van der Waals surface area contributed by atoms with Gasteiger partial charge in [-0.2, -0.15) is 0 Å². The third kappa shape index (κ3) is 4.09. The number of benzene rings is 1. The maximum atomic E-state index is 5.68. The molecule has 2 atom stereocenters. The van der Waals surface area contributed by atoms with Crippen LogP contribution in [0.3, 0.4) is 0 Å². The minimum absolute atomic E-state index is 0.0608. The number of hydrazine groups is 1. The summed E-state index contributed by atoms with van der Waals surface area (Å²) in [4.78, 5) is 0. The van der Waals surface area contributed by atoms with Gasteiger partial charge in [0.2, 0.25) is 0 Å². The molecular weight excluding hydrogens is 224 g/mol. The van der Waals surface area contributed by atoms with Crippen molar-refractivity contribution in [1.29, 1.82) is 0 Å². The molecule has 0 aliphatic rings. The van der Waals surface area contributed by atoms with Gasteiger partial charge in [-0.25, -0.2) is 0 Å². The fourth-order valence-electron chi connectivity index (χ4n) is 2.30. The summed E-state index contributed by atoms with van der Waals surface area (Å²) in [7, 11) is 1.75. The summed E-state index contributed by atoms with van der Waals surface area (Å²) in [6.45, 7) is 4.35. The highest BCUT2D eigenvalue weighted by Crippen LogP contribution is 2.22. The van der Waals surface area contributed by atoms with Crippen LogP contribution in [0.5, 0.6) is 0 Å². The van der Waals surface area contributed by atoms with Crippen LogP contribution in [0.25, 0.3) is 0 Å². The lowest BCUT2D eigenvalue weighted by molar-refractivity contribution is 0.0606. The summed E-state index contributed by atoms with van der Waals surface area (Å²) >= 11 is 0. The molecular formula is C15H26N2O. The highest BCUT2D eigenvalue weighted by Gasteiger charge is 2.20. The van der Waals surface area contributed by atoms with Crippen molar-refractivity contribution in [1.82, 2.24) is 5.43 Å². The molecule has 0 heterocycles. The van der Waals surface area contributed by atoms with E-state index in [-0.39, 0.29) is 12.1 Å². The van der Waals surface area contributed by atoms with E-state index in [2.05, 4.69) is 43.5 Å². The quantitative estimate of drug-likeness (QED) is 0.551. The summed E-state index contributed by atoms with van der Waals surface area (Å²) < 4.78 is 5.53. The molecule has 3 heteroatoms. The third-order valence-corrected chi connectivity index (χ3v) is 3.30. The van der Waals surface area contributed by atoms with Crippen molar-refractivity contribution in [3.63, 3.8) is 0 Å². The van der Waals surface area contributed by atoms with Gasteiger partial charge in [0, 0.05) is 7.11 Å². The molecule has 0 aromatic heterocycles. The van der Waals surface area contributed by atoms with Crippen LogP contribution in [0.2, 0.25) is 0 Å². The summed E-state index contributed by atoms with van der Waals surface area (Å²) in [6, 6.07) is 8.73. The van der Waals surface area contributed by atoms with Crippen molar-refractivity contribution < 1.29 is 4.74 Å². The third-order valence-electron chi connectivity index (χ3n) is 3.30. The minimum atomic E-state index is 0.0608. The highest BCUT2D eigenvalue weighted by atomic mass is 16.5. The second-order valence-electron chi connectivity index (χ2n) is 4.70. The molecule has 0 amide bonds. The van der Waals surface area contributed by atoms with E-state index in [4.69, 9.17) is 10.6 Å². The van der Waals surface area contributed by atoms with Gasteiger partial charge in [-0.05, 0) is 24.0 Å². The average Bonchev–Trinajstić information content (AvgIpc) is 2.40. The molecule has 2 unspecified atom stereocenters. The smallest absolute Gasteiger partial charge is 0.0778 e. The molecule has 1 aromatic carbocycles. The van der Waals surface area contributed by atoms with Crippen LogP contribution in [0.15, 0.2) is 24.3 Å². The van der Waals surface area contributed by atoms with E-state index in [0.717, 1.165) is 19.3 Å². The zero-order chi connectivity index (χ0) is 13.4. The standard InChI is InChI=1S/C15H26N2O/c1-4-6-12-8-10-13(11-9-12)15(17-16)14(18-3)7-5-2/h8-11,14-15,17H,4-7,16H2,1-3H3. The Bertz CT molecular complexity index is 324. The van der Waals surface area contributed by atoms with Gasteiger partial charge in [-0.15, -0.1) is 0 Å². The van der Waals surface area contributed by atoms with Gasteiger partial charge >= 0.3 is 0 Å². The molecule has 102 valence electrons. The zero-order valence-electron chi connectivity index (χ0n) is 11.8. The Morgan fingerprint density at radius 3 is 2.28 bits per heavy atom. The highest BCUT2D eigenvalue weighted by molar-refractivity contribution is 5.26. The van der Waals surface area contributed by atoms with E-state index in [9.17, 15) is 0 Å². The second-order valence-corrected chi connectivity index (χ2v) is 4.70. The Labute approximate surface area is 111 Å². The van der Waals surface area contributed by atoms with E-state index in [0.29, 0.717) is 0 Å². The van der Waals surface area contributed by atoms with Crippen molar-refractivity contribution in [3.05, 3.63) is 35.4 Å². The van der Waals surface area contributed by atoms with Crippen LogP contribution in [0.4, 0.5) is 0 Å². The van der Waals surface area contributed by atoms with Gasteiger partial charge in [0.05, 0.1) is 12.1 Å². The van der Waals surface area contributed by atoms with E-state index < -0.39 is 0 Å². The molecule has 1 rings (SSSR count). The lowest BCUT2D eigenvalue weighted by Crippen LogP contribution is -2.37. The van der Waals surface area contributed by atoms with Crippen LogP contribution in [-0.4, -0.2) is 13.2 Å². The summed E-state index contributed by atoms with van der Waals surface area (Å²) in [6.07, 6.45) is 4.52. The SMILES string of the molecule is CCCc1ccc(C(NN)C(CCC)OC)cc1. The number of rotatable bonds is 8. The Morgan fingerprint density at radius 1 is 1.17 bits per heavy atom. The number of hydrogen-bond acceptors (Lipinski definition) is 3. The molecule has 0 fully saturated rings. The van der Waals surface area contributed by atoms with Gasteiger partial charge in [0.25, 0.3) is 0 Å². The Balaban J connectivity index is 2.80. The van der Waals surface area contributed by atoms with E-state index in [1.54, 1.807) is 7.11 Å². The van der Waals surface area contributed by atoms with Crippen LogP contribution < -0.4 is 11.3 Å². The van der Waals surface area contributed by atoms with Gasteiger partial charge < -0.3 is 4.74 Å². The Morgan fingerprint density at radius 2 is 1.83 bits per heavy atom. The Kier molecular flexibility index (Phi) is 6.94. The lowest BCUT2D eigenvalue weighted by Gasteiger charge is -2.25. The summed E-state index contributed by atoms with van der Waals surface area (Å²) in [5.41, 5.74) is 5.45. The van der Waals surface area contributed by atoms with Gasteiger partial charge in [-0.3, -0.25) is 11.3 Å². The number of hydrogen-bond donors (Lipinski definition) is 2. The van der Waals surface area contributed by atoms with E-state index in [1.165, 1.54) is 17.5 Å². The lowest BCUT2D eigenvalue weighted by atomic mass is 9.97. The first-order valence-corrected chi connectivity index (χ1v) is 6.84. The molecule has 0 spiro atoms. The molecule has 18 heavy (non-hydrogen) atoms. The topological polar surface area (TPSA) is 47.3 Å². The average molecular weight is 250 g/mol. The van der Waals surface area contributed by atoms with Gasteiger partial charge in [-0.1, -0.05) is 51.0 Å². The fourth-order valence-corrected chi connectivity index (χ4v) is 2.30. The largest absolute Gasteiger partial charge is 0.379 e. The van der Waals surface area contributed by atoms with Gasteiger partial charge in [0.1, 0.15) is 0 Å². The molecule has 0 aliphatic heterocycles. The maximum Gasteiger partial charge on any atom is 0.0778 e. The molecule has 0 saturated heterocycles. The first-order valence-electron chi connectivity index (χ1n) is 6.84. The number of nitrogens with one attached hydrogen (secondary N) is 1. The monoisotopic (exact) mass is 250 g/mol. The number of aryl methyl sites for hydroxylation is 1. The van der Waals surface area contributed by atoms with E-state index >= 15 is 0 Å². The molecule has 0 radical (unpaired) electrons. The van der Waals surface area contributed by atoms with Crippen LogP contribution >= 0.6 is 0 Å². The van der Waals surface area contributed by atoms with Crippen LogP contribution in [-0.2, 0) is 11.2 Å². The molecule has 1 aromatic rings. The van der Waals surface area contributed by atoms with Crippen molar-refractivity contribution >= 4 is 0 Å². The molecule has 0 saturated carbocycles. The van der Waals surface area contributed by atoms with Crippen LogP contribution in [0, 0.1) is 0 Å². The molecule has 3 nitrogen and oxygen atoms in total. The fraction of sp³-hybridized carbons (Fsp3) is 0.600.